The number of hydrogen-bond donors (Lipinski definition) is 3. The molecule has 21 heavy (non-hydrogen) atoms. The number of carbonyl (C=O) groups is 1. The van der Waals surface area contributed by atoms with E-state index in [1.54, 1.807) is 6.92 Å². The SMILES string of the molecule is CCC[C@H]1C(=O)N[C@](CC)([C@@H](O)[C@@H]2C=CCCC2)[C@@]1(C)O. The van der Waals surface area contributed by atoms with Crippen molar-refractivity contribution in [2.45, 2.75) is 76.5 Å². The number of rotatable bonds is 5. The van der Waals surface area contributed by atoms with Crippen LogP contribution >= 0.6 is 0 Å². The molecule has 0 bridgehead atoms. The normalized spacial score (nSPS) is 41.1. The molecule has 0 unspecified atom stereocenters. The van der Waals surface area contributed by atoms with Crippen LogP contribution in [0.5, 0.6) is 0 Å². The second-order valence-corrected chi connectivity index (χ2v) is 6.77. The molecule has 1 amide bonds. The summed E-state index contributed by atoms with van der Waals surface area (Å²) in [5.74, 6) is -0.557. The highest BCUT2D eigenvalue weighted by atomic mass is 16.3. The summed E-state index contributed by atoms with van der Waals surface area (Å²) >= 11 is 0. The topological polar surface area (TPSA) is 69.6 Å². The van der Waals surface area contributed by atoms with Crippen molar-refractivity contribution in [1.29, 1.82) is 0 Å². The van der Waals surface area contributed by atoms with Crippen LogP contribution in [-0.2, 0) is 4.79 Å². The second-order valence-electron chi connectivity index (χ2n) is 6.77. The summed E-state index contributed by atoms with van der Waals surface area (Å²) in [7, 11) is 0. The first-order valence-electron chi connectivity index (χ1n) is 8.29. The van der Waals surface area contributed by atoms with Crippen molar-refractivity contribution in [1.82, 2.24) is 5.32 Å². The average molecular weight is 295 g/mol. The van der Waals surface area contributed by atoms with Gasteiger partial charge in [0.05, 0.1) is 23.2 Å². The van der Waals surface area contributed by atoms with E-state index >= 15 is 0 Å². The van der Waals surface area contributed by atoms with Gasteiger partial charge in [-0.3, -0.25) is 4.79 Å². The highest BCUT2D eigenvalue weighted by molar-refractivity contribution is 5.84. The number of aliphatic hydroxyl groups excluding tert-OH is 1. The van der Waals surface area contributed by atoms with Crippen LogP contribution < -0.4 is 5.32 Å². The molecule has 1 heterocycles. The van der Waals surface area contributed by atoms with Crippen LogP contribution in [0.25, 0.3) is 0 Å². The van der Waals surface area contributed by atoms with E-state index in [4.69, 9.17) is 0 Å². The summed E-state index contributed by atoms with van der Waals surface area (Å²) in [6.45, 7) is 5.65. The summed E-state index contributed by atoms with van der Waals surface area (Å²) in [4.78, 5) is 12.3. The number of allylic oxidation sites excluding steroid dienone is 1. The Bertz CT molecular complexity index is 418. The Hall–Kier alpha value is -0.870. The smallest absolute Gasteiger partial charge is 0.226 e. The molecular formula is C17H29NO3. The van der Waals surface area contributed by atoms with E-state index in [0.29, 0.717) is 12.8 Å². The van der Waals surface area contributed by atoms with Crippen LogP contribution in [0.3, 0.4) is 0 Å². The van der Waals surface area contributed by atoms with Gasteiger partial charge in [-0.25, -0.2) is 0 Å². The molecule has 0 saturated carbocycles. The highest BCUT2D eigenvalue weighted by Crippen LogP contribution is 2.45. The van der Waals surface area contributed by atoms with Crippen LogP contribution in [0.1, 0.15) is 59.3 Å². The van der Waals surface area contributed by atoms with Gasteiger partial charge in [0.25, 0.3) is 0 Å². The predicted molar refractivity (Wildman–Crippen MR) is 82.7 cm³/mol. The molecule has 4 heteroatoms. The minimum absolute atomic E-state index is 0.00542. The Morgan fingerprint density at radius 1 is 1.48 bits per heavy atom. The maximum absolute atomic E-state index is 12.3. The van der Waals surface area contributed by atoms with Crippen molar-refractivity contribution >= 4 is 5.91 Å². The Labute approximate surface area is 127 Å². The van der Waals surface area contributed by atoms with E-state index < -0.39 is 23.2 Å². The fourth-order valence-electron chi connectivity index (χ4n) is 4.20. The second kappa shape index (κ2) is 6.09. The third-order valence-corrected chi connectivity index (χ3v) is 5.58. The van der Waals surface area contributed by atoms with Gasteiger partial charge in [0.15, 0.2) is 0 Å². The van der Waals surface area contributed by atoms with Gasteiger partial charge in [0, 0.05) is 5.92 Å². The van der Waals surface area contributed by atoms with Gasteiger partial charge in [-0.2, -0.15) is 0 Å². The molecule has 5 atom stereocenters. The van der Waals surface area contributed by atoms with Crippen molar-refractivity contribution in [3.63, 3.8) is 0 Å². The van der Waals surface area contributed by atoms with Crippen molar-refractivity contribution in [2.75, 3.05) is 0 Å². The zero-order valence-corrected chi connectivity index (χ0v) is 13.4. The minimum atomic E-state index is -1.22. The number of nitrogens with one attached hydrogen (secondary N) is 1. The lowest BCUT2D eigenvalue weighted by Gasteiger charge is -2.46. The van der Waals surface area contributed by atoms with Gasteiger partial charge in [-0.05, 0) is 39.0 Å². The standard InChI is InChI=1S/C17H29NO3/c1-4-9-13-15(20)18-17(5-2,16(13,3)21)14(19)12-10-7-6-8-11-12/h7,10,12-14,19,21H,4-6,8-9,11H2,1-3H3,(H,18,20)/t12-,13+,14+,16+,17-/m1/s1. The molecule has 0 aromatic carbocycles. The largest absolute Gasteiger partial charge is 0.390 e. The molecule has 0 radical (unpaired) electrons. The van der Waals surface area contributed by atoms with Crippen LogP contribution in [0.4, 0.5) is 0 Å². The van der Waals surface area contributed by atoms with Crippen LogP contribution in [0.2, 0.25) is 0 Å². The Morgan fingerprint density at radius 3 is 2.71 bits per heavy atom. The van der Waals surface area contributed by atoms with Gasteiger partial charge < -0.3 is 15.5 Å². The number of carbonyl (C=O) groups excluding carboxylic acids is 1. The molecule has 0 aromatic rings. The fraction of sp³-hybridized carbons (Fsp3) is 0.824. The molecule has 2 aliphatic rings. The maximum Gasteiger partial charge on any atom is 0.226 e. The lowest BCUT2D eigenvalue weighted by atomic mass is 9.67. The molecular weight excluding hydrogens is 266 g/mol. The van der Waals surface area contributed by atoms with Crippen LogP contribution in [0.15, 0.2) is 12.2 Å². The molecule has 1 aliphatic heterocycles. The van der Waals surface area contributed by atoms with E-state index in [-0.39, 0.29) is 11.8 Å². The van der Waals surface area contributed by atoms with Gasteiger partial charge >= 0.3 is 0 Å². The van der Waals surface area contributed by atoms with Crippen molar-refractivity contribution in [3.05, 3.63) is 12.2 Å². The number of hydrogen-bond acceptors (Lipinski definition) is 3. The van der Waals surface area contributed by atoms with Crippen molar-refractivity contribution in [3.8, 4) is 0 Å². The molecule has 1 aliphatic carbocycles. The Kier molecular flexibility index (Phi) is 4.79. The quantitative estimate of drug-likeness (QED) is 0.681. The molecule has 3 N–H and O–H groups in total. The first-order valence-corrected chi connectivity index (χ1v) is 8.29. The minimum Gasteiger partial charge on any atom is -0.390 e. The zero-order chi connectivity index (χ0) is 15.7. The van der Waals surface area contributed by atoms with E-state index in [1.165, 1.54) is 0 Å². The number of aliphatic hydroxyl groups is 2. The van der Waals surface area contributed by atoms with Gasteiger partial charge in [-0.15, -0.1) is 0 Å². The Balaban J connectivity index is 2.33. The molecule has 1 fully saturated rings. The lowest BCUT2D eigenvalue weighted by Crippen LogP contribution is -2.65. The fourth-order valence-corrected chi connectivity index (χ4v) is 4.20. The molecule has 2 rings (SSSR count). The first kappa shape index (κ1) is 16.5. The third kappa shape index (κ3) is 2.53. The predicted octanol–water partition coefficient (Wildman–Crippen LogP) is 2.15. The monoisotopic (exact) mass is 295 g/mol. The summed E-state index contributed by atoms with van der Waals surface area (Å²) in [5, 5.41) is 25.0. The summed E-state index contributed by atoms with van der Waals surface area (Å²) < 4.78 is 0. The van der Waals surface area contributed by atoms with Crippen molar-refractivity contribution in [2.24, 2.45) is 11.8 Å². The molecule has 1 saturated heterocycles. The summed E-state index contributed by atoms with van der Waals surface area (Å²) in [6, 6.07) is 0. The van der Waals surface area contributed by atoms with Crippen molar-refractivity contribution < 1.29 is 15.0 Å². The number of amides is 1. The van der Waals surface area contributed by atoms with E-state index in [9.17, 15) is 15.0 Å². The maximum atomic E-state index is 12.3. The summed E-state index contributed by atoms with van der Waals surface area (Å²) in [6.07, 6.45) is 8.40. The molecule has 0 aromatic heterocycles. The van der Waals surface area contributed by atoms with Gasteiger partial charge in [-0.1, -0.05) is 32.4 Å². The first-order chi connectivity index (χ1) is 9.90. The molecule has 120 valence electrons. The van der Waals surface area contributed by atoms with E-state index in [1.807, 2.05) is 19.9 Å². The van der Waals surface area contributed by atoms with E-state index in [2.05, 4.69) is 11.4 Å². The van der Waals surface area contributed by atoms with E-state index in [0.717, 1.165) is 25.7 Å². The lowest BCUT2D eigenvalue weighted by molar-refractivity contribution is -0.126. The Morgan fingerprint density at radius 2 is 2.19 bits per heavy atom. The summed E-state index contributed by atoms with van der Waals surface area (Å²) in [5.41, 5.74) is -2.17. The molecule has 0 spiro atoms. The molecule has 4 nitrogen and oxygen atoms in total. The van der Waals surface area contributed by atoms with Crippen LogP contribution in [0, 0.1) is 11.8 Å². The zero-order valence-electron chi connectivity index (χ0n) is 13.4. The third-order valence-electron chi connectivity index (χ3n) is 5.58. The van der Waals surface area contributed by atoms with Crippen LogP contribution in [-0.4, -0.2) is 33.4 Å². The van der Waals surface area contributed by atoms with Gasteiger partial charge in [0.2, 0.25) is 5.91 Å². The van der Waals surface area contributed by atoms with Gasteiger partial charge in [0.1, 0.15) is 0 Å². The average Bonchev–Trinajstić information content (AvgIpc) is 2.68. The highest BCUT2D eigenvalue weighted by Gasteiger charge is 2.63.